The standard InChI is InChI=1S/C21H22O6/c1-23-13-4-6-17-18(9-13)20(22)16-5-3-14(24-2)10-19(16)21(17)26-8-7-25-11-15-12-27-15/h3-6,9-10,15,22H,7-8,11-12H2,1-2H3. The minimum Gasteiger partial charge on any atom is -0.507 e. The van der Waals surface area contributed by atoms with Crippen molar-refractivity contribution in [1.29, 1.82) is 0 Å². The van der Waals surface area contributed by atoms with Crippen molar-refractivity contribution in [3.05, 3.63) is 36.4 Å². The molecule has 0 aliphatic carbocycles. The molecule has 0 radical (unpaired) electrons. The first kappa shape index (κ1) is 17.7. The van der Waals surface area contributed by atoms with Crippen LogP contribution >= 0.6 is 0 Å². The first-order valence-electron chi connectivity index (χ1n) is 8.84. The van der Waals surface area contributed by atoms with Gasteiger partial charge in [0.2, 0.25) is 0 Å². The number of hydrogen-bond acceptors (Lipinski definition) is 6. The molecule has 3 aromatic carbocycles. The van der Waals surface area contributed by atoms with E-state index in [2.05, 4.69) is 0 Å². The van der Waals surface area contributed by atoms with Crippen LogP contribution in [0.2, 0.25) is 0 Å². The lowest BCUT2D eigenvalue weighted by Gasteiger charge is -2.16. The van der Waals surface area contributed by atoms with Crippen LogP contribution in [0.25, 0.3) is 21.5 Å². The number of phenols is 1. The first-order chi connectivity index (χ1) is 13.2. The van der Waals surface area contributed by atoms with E-state index >= 15 is 0 Å². The fourth-order valence-electron chi connectivity index (χ4n) is 3.12. The van der Waals surface area contributed by atoms with E-state index < -0.39 is 0 Å². The Balaban J connectivity index is 1.74. The molecular weight excluding hydrogens is 348 g/mol. The molecule has 1 unspecified atom stereocenters. The van der Waals surface area contributed by atoms with Crippen LogP contribution in [0.4, 0.5) is 0 Å². The molecule has 0 aromatic heterocycles. The first-order valence-corrected chi connectivity index (χ1v) is 8.84. The largest absolute Gasteiger partial charge is 0.507 e. The normalized spacial score (nSPS) is 15.9. The van der Waals surface area contributed by atoms with Gasteiger partial charge in [-0.3, -0.25) is 0 Å². The molecule has 0 spiro atoms. The van der Waals surface area contributed by atoms with Gasteiger partial charge in [0.25, 0.3) is 0 Å². The monoisotopic (exact) mass is 370 g/mol. The van der Waals surface area contributed by atoms with Crippen molar-refractivity contribution in [1.82, 2.24) is 0 Å². The molecule has 1 fully saturated rings. The summed E-state index contributed by atoms with van der Waals surface area (Å²) in [6, 6.07) is 11.1. The summed E-state index contributed by atoms with van der Waals surface area (Å²) < 4.78 is 27.4. The molecule has 0 bridgehead atoms. The summed E-state index contributed by atoms with van der Waals surface area (Å²) in [4.78, 5) is 0. The van der Waals surface area contributed by atoms with Crippen LogP contribution in [0, 0.1) is 0 Å². The molecule has 6 heteroatoms. The lowest BCUT2D eigenvalue weighted by molar-refractivity contribution is 0.0887. The zero-order chi connectivity index (χ0) is 18.8. The quantitative estimate of drug-likeness (QED) is 0.372. The Morgan fingerprint density at radius 1 is 0.926 bits per heavy atom. The fraction of sp³-hybridized carbons (Fsp3) is 0.333. The second-order valence-corrected chi connectivity index (χ2v) is 6.38. The molecule has 3 aromatic rings. The Kier molecular flexibility index (Phi) is 4.92. The molecule has 1 heterocycles. The van der Waals surface area contributed by atoms with Crippen molar-refractivity contribution in [3.8, 4) is 23.0 Å². The number of phenolic OH excluding ortho intramolecular Hbond substituents is 1. The Bertz CT molecular complexity index is 964. The topological polar surface area (TPSA) is 69.7 Å². The van der Waals surface area contributed by atoms with Gasteiger partial charge in [-0.05, 0) is 36.4 Å². The van der Waals surface area contributed by atoms with Crippen LogP contribution in [0.3, 0.4) is 0 Å². The second-order valence-electron chi connectivity index (χ2n) is 6.38. The van der Waals surface area contributed by atoms with E-state index in [9.17, 15) is 5.11 Å². The predicted molar refractivity (Wildman–Crippen MR) is 102 cm³/mol. The van der Waals surface area contributed by atoms with Gasteiger partial charge < -0.3 is 28.8 Å². The van der Waals surface area contributed by atoms with Gasteiger partial charge in [0.1, 0.15) is 35.7 Å². The van der Waals surface area contributed by atoms with E-state index in [0.717, 1.165) is 17.4 Å². The Labute approximate surface area is 157 Å². The van der Waals surface area contributed by atoms with Gasteiger partial charge >= 0.3 is 0 Å². The summed E-state index contributed by atoms with van der Waals surface area (Å²) in [6.45, 7) is 2.22. The van der Waals surface area contributed by atoms with Crippen molar-refractivity contribution in [2.24, 2.45) is 0 Å². The zero-order valence-corrected chi connectivity index (χ0v) is 15.4. The molecule has 27 heavy (non-hydrogen) atoms. The van der Waals surface area contributed by atoms with Crippen molar-refractivity contribution in [2.75, 3.05) is 40.6 Å². The highest BCUT2D eigenvalue weighted by molar-refractivity contribution is 6.11. The maximum absolute atomic E-state index is 10.8. The minimum absolute atomic E-state index is 0.191. The molecule has 1 saturated heterocycles. The molecule has 142 valence electrons. The van der Waals surface area contributed by atoms with E-state index in [1.165, 1.54) is 0 Å². The SMILES string of the molecule is COc1ccc2c(OCCOCC3CO3)c3cc(OC)ccc3c(O)c2c1. The van der Waals surface area contributed by atoms with Gasteiger partial charge in [-0.2, -0.15) is 0 Å². The molecular formula is C21H22O6. The Morgan fingerprint density at radius 2 is 1.59 bits per heavy atom. The van der Waals surface area contributed by atoms with Crippen molar-refractivity contribution in [3.63, 3.8) is 0 Å². The number of rotatable bonds is 8. The van der Waals surface area contributed by atoms with Gasteiger partial charge in [0.15, 0.2) is 0 Å². The lowest BCUT2D eigenvalue weighted by atomic mass is 10.00. The van der Waals surface area contributed by atoms with Crippen molar-refractivity contribution >= 4 is 21.5 Å². The molecule has 1 atom stereocenters. The number of epoxide rings is 1. The maximum Gasteiger partial charge on any atom is 0.135 e. The molecule has 1 aliphatic rings. The number of methoxy groups -OCH3 is 2. The van der Waals surface area contributed by atoms with Gasteiger partial charge in [-0.25, -0.2) is 0 Å². The highest BCUT2D eigenvalue weighted by Gasteiger charge is 2.22. The molecule has 1 aliphatic heterocycles. The average Bonchev–Trinajstić information content (AvgIpc) is 3.53. The molecule has 0 saturated carbocycles. The van der Waals surface area contributed by atoms with E-state index in [1.807, 2.05) is 36.4 Å². The number of hydrogen-bond donors (Lipinski definition) is 1. The van der Waals surface area contributed by atoms with Crippen LogP contribution in [0.5, 0.6) is 23.0 Å². The van der Waals surface area contributed by atoms with Gasteiger partial charge in [0.05, 0.1) is 34.0 Å². The Hall–Kier alpha value is -2.70. The van der Waals surface area contributed by atoms with Crippen LogP contribution < -0.4 is 14.2 Å². The average molecular weight is 370 g/mol. The summed E-state index contributed by atoms with van der Waals surface area (Å²) >= 11 is 0. The third-order valence-corrected chi connectivity index (χ3v) is 4.63. The molecule has 0 amide bonds. The van der Waals surface area contributed by atoms with E-state index in [0.29, 0.717) is 47.8 Å². The number of fused-ring (bicyclic) bond motifs is 2. The smallest absolute Gasteiger partial charge is 0.135 e. The fourth-order valence-corrected chi connectivity index (χ4v) is 3.12. The van der Waals surface area contributed by atoms with E-state index in [1.54, 1.807) is 14.2 Å². The zero-order valence-electron chi connectivity index (χ0n) is 15.4. The molecule has 4 rings (SSSR count). The van der Waals surface area contributed by atoms with Gasteiger partial charge in [-0.15, -0.1) is 0 Å². The number of aromatic hydroxyl groups is 1. The summed E-state index contributed by atoms with van der Waals surface area (Å²) in [5, 5.41) is 13.8. The Morgan fingerprint density at radius 3 is 2.26 bits per heavy atom. The second kappa shape index (κ2) is 7.50. The maximum atomic E-state index is 10.8. The third kappa shape index (κ3) is 3.59. The minimum atomic E-state index is 0.191. The third-order valence-electron chi connectivity index (χ3n) is 4.63. The molecule has 1 N–H and O–H groups in total. The van der Waals surface area contributed by atoms with E-state index in [4.69, 9.17) is 23.7 Å². The summed E-state index contributed by atoms with van der Waals surface area (Å²) in [5.41, 5.74) is 0. The van der Waals surface area contributed by atoms with Crippen LogP contribution in [-0.2, 0) is 9.47 Å². The molecule has 6 nitrogen and oxygen atoms in total. The van der Waals surface area contributed by atoms with Crippen molar-refractivity contribution < 1.29 is 28.8 Å². The van der Waals surface area contributed by atoms with Crippen molar-refractivity contribution in [2.45, 2.75) is 6.10 Å². The van der Waals surface area contributed by atoms with Crippen LogP contribution in [-0.4, -0.2) is 51.9 Å². The summed E-state index contributed by atoms with van der Waals surface area (Å²) in [5.74, 6) is 2.24. The van der Waals surface area contributed by atoms with Crippen LogP contribution in [0.1, 0.15) is 0 Å². The van der Waals surface area contributed by atoms with E-state index in [-0.39, 0.29) is 11.9 Å². The number of benzene rings is 3. The van der Waals surface area contributed by atoms with Gasteiger partial charge in [-0.1, -0.05) is 0 Å². The predicted octanol–water partition coefficient (Wildman–Crippen LogP) is 3.51. The number of ether oxygens (including phenoxy) is 5. The lowest BCUT2D eigenvalue weighted by Crippen LogP contribution is -2.10. The van der Waals surface area contributed by atoms with Crippen LogP contribution in [0.15, 0.2) is 36.4 Å². The summed E-state index contributed by atoms with van der Waals surface area (Å²) in [6.07, 6.45) is 0.233. The highest BCUT2D eigenvalue weighted by atomic mass is 16.6. The highest BCUT2D eigenvalue weighted by Crippen LogP contribution is 2.44. The summed E-state index contributed by atoms with van der Waals surface area (Å²) in [7, 11) is 3.21. The van der Waals surface area contributed by atoms with Gasteiger partial charge in [0, 0.05) is 21.5 Å².